The second kappa shape index (κ2) is 7.70. The van der Waals surface area contributed by atoms with Crippen molar-refractivity contribution in [3.63, 3.8) is 0 Å². The van der Waals surface area contributed by atoms with Crippen molar-refractivity contribution in [2.24, 2.45) is 0 Å². The van der Waals surface area contributed by atoms with E-state index in [-0.39, 0.29) is 24.9 Å². The van der Waals surface area contributed by atoms with Gasteiger partial charge in [-0.1, -0.05) is 24.3 Å². The summed E-state index contributed by atoms with van der Waals surface area (Å²) in [7, 11) is 3.88. The number of carbonyl (C=O) groups excluding carboxylic acids is 1. The van der Waals surface area contributed by atoms with Crippen LogP contribution in [0.1, 0.15) is 17.5 Å². The van der Waals surface area contributed by atoms with E-state index >= 15 is 0 Å². The summed E-state index contributed by atoms with van der Waals surface area (Å²) in [5.74, 6) is -0.0182. The molecule has 1 aromatic carbocycles. The number of hydrogen-bond donors (Lipinski definition) is 1. The van der Waals surface area contributed by atoms with Gasteiger partial charge in [-0.25, -0.2) is 4.79 Å². The molecule has 3 rings (SSSR count). The summed E-state index contributed by atoms with van der Waals surface area (Å²) in [6.07, 6.45) is 2.55. The van der Waals surface area contributed by atoms with Gasteiger partial charge in [0.25, 0.3) is 5.56 Å². The van der Waals surface area contributed by atoms with Gasteiger partial charge in [0.1, 0.15) is 0 Å². The van der Waals surface area contributed by atoms with Crippen LogP contribution >= 0.6 is 0 Å². The zero-order chi connectivity index (χ0) is 18.7. The maximum absolute atomic E-state index is 12.4. The molecule has 0 fully saturated rings. The largest absolute Gasteiger partial charge is 0.344 e. The van der Waals surface area contributed by atoms with E-state index in [1.807, 2.05) is 0 Å². The smallest absolute Gasteiger partial charge is 0.328 e. The first-order chi connectivity index (χ1) is 12.4. The third-order valence-corrected chi connectivity index (χ3v) is 4.99. The molecule has 1 N–H and O–H groups in total. The van der Waals surface area contributed by atoms with Crippen molar-refractivity contribution in [3.05, 3.63) is 68.5 Å². The highest BCUT2D eigenvalue weighted by atomic mass is 16.2. The van der Waals surface area contributed by atoms with Gasteiger partial charge in [0.05, 0.1) is 0 Å². The second-order valence-electron chi connectivity index (χ2n) is 6.87. The summed E-state index contributed by atoms with van der Waals surface area (Å²) >= 11 is 0. The number of fused-ring (bicyclic) bond motifs is 1. The highest BCUT2D eigenvalue weighted by molar-refractivity contribution is 5.75. The molecular weight excluding hydrogens is 332 g/mol. The van der Waals surface area contributed by atoms with Gasteiger partial charge in [-0.3, -0.25) is 19.5 Å². The molecule has 0 bridgehead atoms. The van der Waals surface area contributed by atoms with Crippen molar-refractivity contribution in [1.82, 2.24) is 19.4 Å². The summed E-state index contributed by atoms with van der Waals surface area (Å²) in [6.45, 7) is 1.78. The van der Waals surface area contributed by atoms with Crippen molar-refractivity contribution in [2.75, 3.05) is 20.6 Å². The lowest BCUT2D eigenvalue weighted by Gasteiger charge is -2.36. The Morgan fingerprint density at radius 3 is 2.69 bits per heavy atom. The minimum Gasteiger partial charge on any atom is -0.344 e. The minimum atomic E-state index is -0.489. The summed E-state index contributed by atoms with van der Waals surface area (Å²) in [5.41, 5.74) is 1.76. The third-order valence-electron chi connectivity index (χ3n) is 4.99. The lowest BCUT2D eigenvalue weighted by atomic mass is 9.94. The van der Waals surface area contributed by atoms with Crippen LogP contribution in [0.2, 0.25) is 0 Å². The number of aromatic amines is 1. The second-order valence-corrected chi connectivity index (χ2v) is 6.87. The van der Waals surface area contributed by atoms with E-state index in [1.165, 1.54) is 28.0 Å². The fraction of sp³-hybridized carbons (Fsp3) is 0.421. The number of rotatable bonds is 5. The molecule has 0 spiro atoms. The van der Waals surface area contributed by atoms with Crippen LogP contribution in [-0.2, 0) is 24.3 Å². The van der Waals surface area contributed by atoms with Crippen LogP contribution in [0.4, 0.5) is 0 Å². The predicted molar refractivity (Wildman–Crippen MR) is 99.0 cm³/mol. The molecule has 26 heavy (non-hydrogen) atoms. The van der Waals surface area contributed by atoms with Crippen LogP contribution in [0.5, 0.6) is 0 Å². The van der Waals surface area contributed by atoms with Crippen molar-refractivity contribution in [1.29, 1.82) is 0 Å². The van der Waals surface area contributed by atoms with Gasteiger partial charge < -0.3 is 9.47 Å². The van der Waals surface area contributed by atoms with Crippen LogP contribution in [-0.4, -0.2) is 51.9 Å². The fourth-order valence-corrected chi connectivity index (χ4v) is 3.37. The van der Waals surface area contributed by atoms with Crippen LogP contribution in [0.15, 0.2) is 46.1 Å². The molecular formula is C19H24N4O3. The highest BCUT2D eigenvalue weighted by Gasteiger charge is 2.25. The molecule has 1 amide bonds. The number of aromatic nitrogens is 2. The Kier molecular flexibility index (Phi) is 5.37. The number of hydrogen-bond acceptors (Lipinski definition) is 4. The highest BCUT2D eigenvalue weighted by Crippen LogP contribution is 2.22. The Balaban J connectivity index is 1.57. The van der Waals surface area contributed by atoms with Crippen molar-refractivity contribution < 1.29 is 4.79 Å². The predicted octanol–water partition coefficient (Wildman–Crippen LogP) is 0.442. The van der Waals surface area contributed by atoms with Crippen molar-refractivity contribution in [3.8, 4) is 0 Å². The van der Waals surface area contributed by atoms with Gasteiger partial charge in [-0.2, -0.15) is 0 Å². The van der Waals surface area contributed by atoms with Gasteiger partial charge in [0, 0.05) is 51.4 Å². The Morgan fingerprint density at radius 1 is 1.23 bits per heavy atom. The average Bonchev–Trinajstić information content (AvgIpc) is 2.61. The van der Waals surface area contributed by atoms with E-state index < -0.39 is 11.2 Å². The molecule has 0 unspecified atom stereocenters. The number of likely N-dealkylation sites (N-methyl/N-ethyl adjacent to an activating group) is 2. The first-order valence-corrected chi connectivity index (χ1v) is 8.75. The van der Waals surface area contributed by atoms with Gasteiger partial charge in [0.15, 0.2) is 0 Å². The zero-order valence-corrected chi connectivity index (χ0v) is 15.1. The summed E-state index contributed by atoms with van der Waals surface area (Å²) in [5, 5.41) is 0. The topological polar surface area (TPSA) is 78.4 Å². The number of amides is 1. The Hall–Kier alpha value is -2.67. The average molecular weight is 356 g/mol. The summed E-state index contributed by atoms with van der Waals surface area (Å²) in [6, 6.07) is 9.97. The van der Waals surface area contributed by atoms with Gasteiger partial charge >= 0.3 is 5.69 Å². The third kappa shape index (κ3) is 4.11. The van der Waals surface area contributed by atoms with E-state index in [0.29, 0.717) is 6.54 Å². The van der Waals surface area contributed by atoms with Gasteiger partial charge in [-0.05, 0) is 24.6 Å². The maximum Gasteiger partial charge on any atom is 0.328 e. The quantitative estimate of drug-likeness (QED) is 0.843. The number of nitrogens with one attached hydrogen (secondary N) is 1. The Labute approximate surface area is 151 Å². The molecule has 7 nitrogen and oxygen atoms in total. The summed E-state index contributed by atoms with van der Waals surface area (Å²) < 4.78 is 1.34. The Bertz CT molecular complexity index is 902. The Morgan fingerprint density at radius 2 is 1.96 bits per heavy atom. The lowest BCUT2D eigenvalue weighted by Crippen LogP contribution is -2.46. The van der Waals surface area contributed by atoms with E-state index in [4.69, 9.17) is 0 Å². The molecule has 0 aliphatic carbocycles. The van der Waals surface area contributed by atoms with Crippen LogP contribution in [0, 0.1) is 0 Å². The fourth-order valence-electron chi connectivity index (χ4n) is 3.37. The van der Waals surface area contributed by atoms with E-state index in [2.05, 4.69) is 41.2 Å². The molecule has 7 heteroatoms. The monoisotopic (exact) mass is 356 g/mol. The number of aryl methyl sites for hydroxylation is 1. The normalized spacial score (nSPS) is 16.9. The molecule has 1 aliphatic rings. The molecule has 138 valence electrons. The molecule has 1 aliphatic heterocycles. The van der Waals surface area contributed by atoms with Crippen LogP contribution in [0.25, 0.3) is 0 Å². The molecule has 2 heterocycles. The van der Waals surface area contributed by atoms with Crippen molar-refractivity contribution >= 4 is 5.91 Å². The van der Waals surface area contributed by atoms with Crippen LogP contribution < -0.4 is 11.2 Å². The minimum absolute atomic E-state index is 0.0182. The molecule has 0 saturated carbocycles. The molecule has 0 radical (unpaired) electrons. The van der Waals surface area contributed by atoms with Gasteiger partial charge in [0.2, 0.25) is 5.91 Å². The van der Waals surface area contributed by atoms with E-state index in [9.17, 15) is 14.4 Å². The number of carbonyl (C=O) groups is 1. The zero-order valence-electron chi connectivity index (χ0n) is 15.1. The molecule has 0 saturated heterocycles. The first kappa shape index (κ1) is 18.1. The van der Waals surface area contributed by atoms with Crippen LogP contribution in [0.3, 0.4) is 0 Å². The molecule has 1 aromatic heterocycles. The van der Waals surface area contributed by atoms with Crippen molar-refractivity contribution in [2.45, 2.75) is 32.0 Å². The lowest BCUT2D eigenvalue weighted by molar-refractivity contribution is -0.130. The summed E-state index contributed by atoms with van der Waals surface area (Å²) in [4.78, 5) is 41.4. The maximum atomic E-state index is 12.4. The van der Waals surface area contributed by atoms with E-state index in [0.717, 1.165) is 13.0 Å². The van der Waals surface area contributed by atoms with E-state index in [1.54, 1.807) is 11.9 Å². The number of benzene rings is 1. The molecule has 1 atom stereocenters. The number of H-pyrrole nitrogens is 1. The number of nitrogens with zero attached hydrogens (tertiary/aromatic N) is 3. The molecule has 2 aromatic rings. The SMILES string of the molecule is CN(C[C@H]1Cc2ccccc2CN1C)C(=O)CCn1ccc(=O)[nH]c1=O. The standard InChI is InChI=1S/C19H24N4O3/c1-21-12-15-6-4-3-5-14(15)11-16(21)13-22(2)18(25)8-10-23-9-7-17(24)20-19(23)26/h3-7,9,16H,8,10-13H2,1-2H3,(H,20,24,26)/t16-/m1/s1. The first-order valence-electron chi connectivity index (χ1n) is 8.75. The van der Waals surface area contributed by atoms with Gasteiger partial charge in [-0.15, -0.1) is 0 Å².